The number of methoxy groups -OCH3 is 1. The Morgan fingerprint density at radius 3 is 2.41 bits per heavy atom. The number of ether oxygens (including phenoxy) is 1. The number of nitrogens with one attached hydrogen (secondary N) is 1. The van der Waals surface area contributed by atoms with Crippen molar-refractivity contribution in [3.8, 4) is 0 Å². The predicted octanol–water partition coefficient (Wildman–Crippen LogP) is 4.34. The fourth-order valence-corrected chi connectivity index (χ4v) is 3.80. The van der Waals surface area contributed by atoms with E-state index in [0.717, 1.165) is 25.5 Å². The molecule has 0 saturated heterocycles. The van der Waals surface area contributed by atoms with Crippen molar-refractivity contribution < 1.29 is 9.53 Å². The lowest BCUT2D eigenvalue weighted by Crippen LogP contribution is -2.07. The average molecular weight is 430 g/mol. The van der Waals surface area contributed by atoms with Gasteiger partial charge in [0.05, 0.1) is 12.8 Å². The van der Waals surface area contributed by atoms with E-state index in [9.17, 15) is 4.79 Å². The maximum Gasteiger partial charge on any atom is 0.305 e. The molecule has 6 heteroatoms. The van der Waals surface area contributed by atoms with E-state index in [-0.39, 0.29) is 5.97 Å². The van der Waals surface area contributed by atoms with Gasteiger partial charge in [-0.25, -0.2) is 0 Å². The number of hydrogen-bond acceptors (Lipinski definition) is 3. The number of anilines is 1. The van der Waals surface area contributed by atoms with E-state index in [2.05, 4.69) is 57.8 Å². The highest BCUT2D eigenvalue weighted by molar-refractivity contribution is 9.11. The molecule has 1 aromatic carbocycles. The van der Waals surface area contributed by atoms with Gasteiger partial charge in [-0.05, 0) is 50.4 Å². The van der Waals surface area contributed by atoms with Gasteiger partial charge in [-0.3, -0.25) is 4.79 Å². The molecule has 0 aliphatic rings. The summed E-state index contributed by atoms with van der Waals surface area (Å²) in [6.07, 6.45) is 1.16. The van der Waals surface area contributed by atoms with Crippen LogP contribution in [0.25, 0.3) is 0 Å². The quantitative estimate of drug-likeness (QED) is 0.559. The summed E-state index contributed by atoms with van der Waals surface area (Å²) in [6.45, 7) is 0.716. The average Bonchev–Trinajstić information content (AvgIpc) is 2.26. The van der Waals surface area contributed by atoms with Gasteiger partial charge in [0.1, 0.15) is 0 Å². The van der Waals surface area contributed by atoms with E-state index < -0.39 is 0 Å². The van der Waals surface area contributed by atoms with E-state index >= 15 is 0 Å². The van der Waals surface area contributed by atoms with E-state index in [0.29, 0.717) is 13.0 Å². The van der Waals surface area contributed by atoms with Crippen LogP contribution >= 0.6 is 47.8 Å². The first-order valence-corrected chi connectivity index (χ1v) is 7.37. The lowest BCUT2D eigenvalue weighted by Gasteiger charge is -2.11. The number of hydrogen-bond donors (Lipinski definition) is 1. The number of esters is 1. The zero-order valence-electron chi connectivity index (χ0n) is 9.23. The topological polar surface area (TPSA) is 38.3 Å². The van der Waals surface area contributed by atoms with Crippen LogP contribution in [-0.2, 0) is 9.53 Å². The smallest absolute Gasteiger partial charge is 0.305 e. The molecule has 1 aromatic rings. The van der Waals surface area contributed by atoms with Crippen LogP contribution in [0.5, 0.6) is 0 Å². The number of carbonyl (C=O) groups is 1. The highest BCUT2D eigenvalue weighted by Gasteiger charge is 2.06. The third-order valence-electron chi connectivity index (χ3n) is 2.09. The van der Waals surface area contributed by atoms with Crippen LogP contribution in [0.4, 0.5) is 5.69 Å². The Kier molecular flexibility index (Phi) is 6.51. The lowest BCUT2D eigenvalue weighted by molar-refractivity contribution is -0.140. The highest BCUT2D eigenvalue weighted by atomic mass is 79.9. The van der Waals surface area contributed by atoms with Gasteiger partial charge in [0, 0.05) is 26.4 Å². The molecule has 0 unspecified atom stereocenters. The van der Waals surface area contributed by atoms with Gasteiger partial charge in [-0.1, -0.05) is 15.9 Å². The minimum absolute atomic E-state index is 0.180. The molecule has 0 aliphatic heterocycles. The van der Waals surface area contributed by atoms with Crippen LogP contribution in [0.1, 0.15) is 12.8 Å². The summed E-state index contributed by atoms with van der Waals surface area (Å²) in [5, 5.41) is 3.27. The molecule has 0 heterocycles. The number of carbonyl (C=O) groups excluding carboxylic acids is 1. The first kappa shape index (κ1) is 15.0. The fourth-order valence-electron chi connectivity index (χ4n) is 1.26. The molecule has 3 nitrogen and oxygen atoms in total. The van der Waals surface area contributed by atoms with Crippen molar-refractivity contribution in [2.45, 2.75) is 12.8 Å². The molecule has 17 heavy (non-hydrogen) atoms. The fraction of sp³-hybridized carbons (Fsp3) is 0.364. The van der Waals surface area contributed by atoms with Crippen molar-refractivity contribution in [1.82, 2.24) is 0 Å². The van der Waals surface area contributed by atoms with Crippen molar-refractivity contribution in [1.29, 1.82) is 0 Å². The Labute approximate surface area is 126 Å². The minimum Gasteiger partial charge on any atom is -0.469 e. The van der Waals surface area contributed by atoms with Crippen molar-refractivity contribution in [3.63, 3.8) is 0 Å². The summed E-state index contributed by atoms with van der Waals surface area (Å²) >= 11 is 10.4. The van der Waals surface area contributed by atoms with Gasteiger partial charge in [0.25, 0.3) is 0 Å². The third-order valence-corrected chi connectivity index (χ3v) is 3.80. The first-order chi connectivity index (χ1) is 8.04. The standard InChI is InChI=1S/C11H12Br3NO2/c1-17-10(16)3-2-4-15-11-8(13)5-7(12)6-9(11)14/h5-6,15H,2-4H2,1H3. The molecule has 0 amide bonds. The van der Waals surface area contributed by atoms with E-state index in [1.54, 1.807) is 0 Å². The van der Waals surface area contributed by atoms with Crippen LogP contribution in [0.3, 0.4) is 0 Å². The van der Waals surface area contributed by atoms with Crippen molar-refractivity contribution >= 4 is 59.4 Å². The maximum absolute atomic E-state index is 10.9. The Hall–Kier alpha value is -0.0700. The van der Waals surface area contributed by atoms with Crippen molar-refractivity contribution in [3.05, 3.63) is 25.6 Å². The molecule has 1 N–H and O–H groups in total. The van der Waals surface area contributed by atoms with Gasteiger partial charge in [-0.15, -0.1) is 0 Å². The predicted molar refractivity (Wildman–Crippen MR) is 79.3 cm³/mol. The molecular weight excluding hydrogens is 418 g/mol. The Balaban J connectivity index is 2.50. The summed E-state index contributed by atoms with van der Waals surface area (Å²) < 4.78 is 7.51. The Morgan fingerprint density at radius 2 is 1.88 bits per heavy atom. The minimum atomic E-state index is -0.180. The van der Waals surface area contributed by atoms with Crippen molar-refractivity contribution in [2.24, 2.45) is 0 Å². The summed E-state index contributed by atoms with van der Waals surface area (Å²) in [5.41, 5.74) is 0.984. The molecule has 0 spiro atoms. The van der Waals surface area contributed by atoms with E-state index in [1.807, 2.05) is 12.1 Å². The summed E-state index contributed by atoms with van der Waals surface area (Å²) in [7, 11) is 1.40. The molecular formula is C11H12Br3NO2. The van der Waals surface area contributed by atoms with Gasteiger partial charge < -0.3 is 10.1 Å². The number of halogens is 3. The number of rotatable bonds is 5. The zero-order chi connectivity index (χ0) is 12.8. The van der Waals surface area contributed by atoms with Gasteiger partial charge in [-0.2, -0.15) is 0 Å². The second-order valence-electron chi connectivity index (χ2n) is 3.35. The van der Waals surface area contributed by atoms with Crippen LogP contribution in [-0.4, -0.2) is 19.6 Å². The van der Waals surface area contributed by atoms with Gasteiger partial charge in [0.15, 0.2) is 0 Å². The second kappa shape index (κ2) is 7.38. The number of benzene rings is 1. The third kappa shape index (κ3) is 4.97. The zero-order valence-corrected chi connectivity index (χ0v) is 14.0. The lowest BCUT2D eigenvalue weighted by atomic mass is 10.3. The van der Waals surface area contributed by atoms with Gasteiger partial charge in [0.2, 0.25) is 0 Å². The van der Waals surface area contributed by atoms with Crippen LogP contribution in [0.2, 0.25) is 0 Å². The monoisotopic (exact) mass is 427 g/mol. The van der Waals surface area contributed by atoms with Crippen LogP contribution in [0.15, 0.2) is 25.6 Å². The molecule has 0 fully saturated rings. The van der Waals surface area contributed by atoms with E-state index in [4.69, 9.17) is 0 Å². The van der Waals surface area contributed by atoms with Crippen LogP contribution in [0, 0.1) is 0 Å². The molecule has 0 radical (unpaired) electrons. The van der Waals surface area contributed by atoms with Gasteiger partial charge >= 0.3 is 5.97 Å². The van der Waals surface area contributed by atoms with E-state index in [1.165, 1.54) is 7.11 Å². The molecule has 0 saturated carbocycles. The normalized spacial score (nSPS) is 10.1. The van der Waals surface area contributed by atoms with Crippen LogP contribution < -0.4 is 5.32 Å². The molecule has 0 bridgehead atoms. The highest BCUT2D eigenvalue weighted by Crippen LogP contribution is 2.34. The molecule has 0 atom stereocenters. The summed E-state index contributed by atoms with van der Waals surface area (Å²) in [5.74, 6) is -0.180. The maximum atomic E-state index is 10.9. The molecule has 0 aromatic heterocycles. The molecule has 1 rings (SSSR count). The SMILES string of the molecule is COC(=O)CCCNc1c(Br)cc(Br)cc1Br. The Morgan fingerprint density at radius 1 is 1.29 bits per heavy atom. The second-order valence-corrected chi connectivity index (χ2v) is 5.98. The first-order valence-electron chi connectivity index (χ1n) is 5.00. The molecule has 0 aliphatic carbocycles. The molecule has 94 valence electrons. The largest absolute Gasteiger partial charge is 0.469 e. The van der Waals surface area contributed by atoms with Crippen molar-refractivity contribution in [2.75, 3.05) is 19.0 Å². The summed E-state index contributed by atoms with van der Waals surface area (Å²) in [4.78, 5) is 10.9. The Bertz CT molecular complexity index is 387. The summed E-state index contributed by atoms with van der Waals surface area (Å²) in [6, 6.07) is 3.93.